The van der Waals surface area contributed by atoms with E-state index in [1.54, 1.807) is 6.07 Å². The Hall–Kier alpha value is -0.930. The third-order valence-corrected chi connectivity index (χ3v) is 3.25. The molecule has 0 atom stereocenters. The quantitative estimate of drug-likeness (QED) is 0.778. The largest absolute Gasteiger partial charge is 0.440 e. The molecule has 0 saturated heterocycles. The molecule has 1 aromatic heterocycles. The molecule has 3 nitrogen and oxygen atoms in total. The van der Waals surface area contributed by atoms with E-state index in [-0.39, 0.29) is 0 Å². The molecule has 0 bridgehead atoms. The molecule has 2 aromatic rings. The number of benzene rings is 1. The summed E-state index contributed by atoms with van der Waals surface area (Å²) < 4.78 is 5.57. The molecule has 0 radical (unpaired) electrons. The first kappa shape index (κ1) is 9.31. The number of oxazole rings is 1. The number of nitrogens with two attached hydrogens (primary N) is 1. The molecule has 0 amide bonds. The molecule has 15 heavy (non-hydrogen) atoms. The SMILES string of the molecule is Nc1c(Cl)cc2oc(C3CC3)nc2c1Cl. The smallest absolute Gasteiger partial charge is 0.198 e. The Balaban J connectivity index is 2.29. The Morgan fingerprint density at radius 2 is 2.13 bits per heavy atom. The van der Waals surface area contributed by atoms with Crippen molar-refractivity contribution in [3.63, 3.8) is 0 Å². The molecule has 78 valence electrons. The van der Waals surface area contributed by atoms with Crippen molar-refractivity contribution in [3.05, 3.63) is 22.0 Å². The van der Waals surface area contributed by atoms with Gasteiger partial charge in [0.05, 0.1) is 15.7 Å². The molecule has 1 aliphatic rings. The van der Waals surface area contributed by atoms with Crippen molar-refractivity contribution >= 4 is 40.0 Å². The van der Waals surface area contributed by atoms with E-state index in [4.69, 9.17) is 33.4 Å². The predicted octanol–water partition coefficient (Wildman–Crippen LogP) is 3.59. The van der Waals surface area contributed by atoms with Gasteiger partial charge in [0.15, 0.2) is 11.5 Å². The number of rotatable bonds is 1. The standard InChI is InChI=1S/C10H8Cl2N2O/c11-5-3-6-9(7(12)8(5)13)14-10(15-6)4-1-2-4/h3-4H,1-2,13H2. The summed E-state index contributed by atoms with van der Waals surface area (Å²) in [6, 6.07) is 1.66. The van der Waals surface area contributed by atoms with E-state index < -0.39 is 0 Å². The monoisotopic (exact) mass is 242 g/mol. The first-order valence-electron chi connectivity index (χ1n) is 4.70. The highest BCUT2D eigenvalue weighted by molar-refractivity contribution is 6.42. The second-order valence-corrected chi connectivity index (χ2v) is 4.54. The van der Waals surface area contributed by atoms with Gasteiger partial charge in [0.2, 0.25) is 0 Å². The van der Waals surface area contributed by atoms with Gasteiger partial charge >= 0.3 is 0 Å². The van der Waals surface area contributed by atoms with Crippen LogP contribution in [0.3, 0.4) is 0 Å². The topological polar surface area (TPSA) is 52.0 Å². The number of fused-ring (bicyclic) bond motifs is 1. The summed E-state index contributed by atoms with van der Waals surface area (Å²) in [5.41, 5.74) is 7.29. The van der Waals surface area contributed by atoms with Gasteiger partial charge in [-0.25, -0.2) is 4.98 Å². The zero-order valence-electron chi connectivity index (χ0n) is 7.76. The highest BCUT2D eigenvalue weighted by Gasteiger charge is 2.29. The summed E-state index contributed by atoms with van der Waals surface area (Å²) >= 11 is 11.9. The zero-order chi connectivity index (χ0) is 10.6. The van der Waals surface area contributed by atoms with Gasteiger partial charge in [0.25, 0.3) is 0 Å². The summed E-state index contributed by atoms with van der Waals surface area (Å²) in [5.74, 6) is 1.20. The highest BCUT2D eigenvalue weighted by atomic mass is 35.5. The third kappa shape index (κ3) is 1.38. The van der Waals surface area contributed by atoms with Gasteiger partial charge in [0.1, 0.15) is 5.52 Å². The third-order valence-electron chi connectivity index (χ3n) is 2.56. The predicted molar refractivity (Wildman–Crippen MR) is 60.4 cm³/mol. The van der Waals surface area contributed by atoms with Gasteiger partial charge < -0.3 is 10.2 Å². The molecule has 0 unspecified atom stereocenters. The fraction of sp³-hybridized carbons (Fsp3) is 0.300. The molecule has 3 rings (SSSR count). The van der Waals surface area contributed by atoms with Crippen molar-refractivity contribution in [1.82, 2.24) is 4.98 Å². The van der Waals surface area contributed by atoms with Crippen molar-refractivity contribution in [2.45, 2.75) is 18.8 Å². The van der Waals surface area contributed by atoms with Crippen LogP contribution in [0.15, 0.2) is 10.5 Å². The Labute approximate surface area is 96.2 Å². The molecule has 0 aliphatic heterocycles. The second-order valence-electron chi connectivity index (χ2n) is 3.76. The summed E-state index contributed by atoms with van der Waals surface area (Å²) in [5, 5.41) is 0.791. The highest BCUT2D eigenvalue weighted by Crippen LogP contribution is 2.43. The molecule has 1 aromatic carbocycles. The van der Waals surface area contributed by atoms with Crippen LogP contribution in [0.4, 0.5) is 5.69 Å². The van der Waals surface area contributed by atoms with Gasteiger partial charge in [-0.15, -0.1) is 0 Å². The number of halogens is 2. The minimum absolute atomic E-state index is 0.362. The molecule has 1 saturated carbocycles. The van der Waals surface area contributed by atoms with E-state index in [1.807, 2.05) is 0 Å². The zero-order valence-corrected chi connectivity index (χ0v) is 9.27. The van der Waals surface area contributed by atoms with Gasteiger partial charge in [-0.05, 0) is 12.8 Å². The van der Waals surface area contributed by atoms with Crippen LogP contribution < -0.4 is 5.73 Å². The van der Waals surface area contributed by atoms with Gasteiger partial charge in [-0.1, -0.05) is 23.2 Å². The van der Waals surface area contributed by atoms with Crippen LogP contribution in [0.5, 0.6) is 0 Å². The number of nitrogens with zero attached hydrogens (tertiary/aromatic N) is 1. The summed E-state index contributed by atoms with van der Waals surface area (Å²) in [7, 11) is 0. The molecular formula is C10H8Cl2N2O. The van der Waals surface area contributed by atoms with E-state index in [9.17, 15) is 0 Å². The maximum Gasteiger partial charge on any atom is 0.198 e. The average molecular weight is 243 g/mol. The van der Waals surface area contributed by atoms with Gasteiger partial charge in [-0.2, -0.15) is 0 Å². The van der Waals surface area contributed by atoms with E-state index in [0.29, 0.717) is 32.8 Å². The molecule has 1 heterocycles. The van der Waals surface area contributed by atoms with Crippen molar-refractivity contribution < 1.29 is 4.42 Å². The van der Waals surface area contributed by atoms with Crippen LogP contribution in [0.2, 0.25) is 10.0 Å². The number of anilines is 1. The molecular weight excluding hydrogens is 235 g/mol. The minimum atomic E-state index is 0.362. The van der Waals surface area contributed by atoms with Crippen LogP contribution in [-0.2, 0) is 0 Å². The van der Waals surface area contributed by atoms with Crippen molar-refractivity contribution in [2.24, 2.45) is 0 Å². The average Bonchev–Trinajstić information content (AvgIpc) is 2.97. The maximum absolute atomic E-state index is 6.04. The second kappa shape index (κ2) is 3.03. The van der Waals surface area contributed by atoms with Crippen LogP contribution in [0, 0.1) is 0 Å². The summed E-state index contributed by atoms with van der Waals surface area (Å²) in [6.45, 7) is 0. The van der Waals surface area contributed by atoms with E-state index in [2.05, 4.69) is 4.98 Å². The molecule has 0 spiro atoms. The number of hydrogen-bond acceptors (Lipinski definition) is 3. The Morgan fingerprint density at radius 1 is 1.40 bits per heavy atom. The first-order valence-corrected chi connectivity index (χ1v) is 5.46. The van der Waals surface area contributed by atoms with Crippen molar-refractivity contribution in [2.75, 3.05) is 5.73 Å². The summed E-state index contributed by atoms with van der Waals surface area (Å²) in [4.78, 5) is 4.34. The minimum Gasteiger partial charge on any atom is -0.440 e. The van der Waals surface area contributed by atoms with Crippen LogP contribution in [0.25, 0.3) is 11.1 Å². The fourth-order valence-electron chi connectivity index (χ4n) is 1.53. The lowest BCUT2D eigenvalue weighted by Gasteiger charge is -1.99. The summed E-state index contributed by atoms with van der Waals surface area (Å²) in [6.07, 6.45) is 2.27. The normalized spacial score (nSPS) is 16.1. The first-order chi connectivity index (χ1) is 7.16. The molecule has 5 heteroatoms. The Kier molecular flexibility index (Phi) is 1.88. The van der Waals surface area contributed by atoms with Crippen molar-refractivity contribution in [3.8, 4) is 0 Å². The van der Waals surface area contributed by atoms with E-state index in [0.717, 1.165) is 18.7 Å². The fourth-order valence-corrected chi connectivity index (χ4v) is 2.01. The Bertz CT molecular complexity index is 546. The Morgan fingerprint density at radius 3 is 2.80 bits per heavy atom. The van der Waals surface area contributed by atoms with Gasteiger partial charge in [0, 0.05) is 12.0 Å². The molecule has 2 N–H and O–H groups in total. The lowest BCUT2D eigenvalue weighted by Crippen LogP contribution is -1.88. The van der Waals surface area contributed by atoms with Crippen LogP contribution in [0.1, 0.15) is 24.7 Å². The van der Waals surface area contributed by atoms with E-state index >= 15 is 0 Å². The lowest BCUT2D eigenvalue weighted by molar-refractivity contribution is 0.533. The van der Waals surface area contributed by atoms with Crippen LogP contribution >= 0.6 is 23.2 Å². The lowest BCUT2D eigenvalue weighted by atomic mass is 10.3. The van der Waals surface area contributed by atoms with E-state index in [1.165, 1.54) is 0 Å². The number of nitrogen functional groups attached to an aromatic ring is 1. The number of hydrogen-bond donors (Lipinski definition) is 1. The maximum atomic E-state index is 6.04. The molecule has 1 aliphatic carbocycles. The number of aromatic nitrogens is 1. The molecule has 1 fully saturated rings. The van der Waals surface area contributed by atoms with Crippen LogP contribution in [-0.4, -0.2) is 4.98 Å². The van der Waals surface area contributed by atoms with Crippen molar-refractivity contribution in [1.29, 1.82) is 0 Å². The van der Waals surface area contributed by atoms with Gasteiger partial charge in [-0.3, -0.25) is 0 Å².